The van der Waals surface area contributed by atoms with E-state index in [1.165, 1.54) is 0 Å². The van der Waals surface area contributed by atoms with Crippen LogP contribution in [0.5, 0.6) is 0 Å². The minimum atomic E-state index is -0.446. The molecule has 0 aromatic heterocycles. The Hall–Kier alpha value is 1.14. The monoisotopic (exact) mass is 192 g/mol. The summed E-state index contributed by atoms with van der Waals surface area (Å²) in [4.78, 5) is 21.0. The van der Waals surface area contributed by atoms with Crippen molar-refractivity contribution >= 4 is 71.1 Å². The molecule has 0 bridgehead atoms. The zero-order valence-electron chi connectivity index (χ0n) is 6.35. The van der Waals surface area contributed by atoms with Crippen LogP contribution in [0.1, 0.15) is 33.1 Å². The zero-order chi connectivity index (χ0) is 7.98. The van der Waals surface area contributed by atoms with Gasteiger partial charge in [0.1, 0.15) is 0 Å². The van der Waals surface area contributed by atoms with E-state index < -0.39 is 11.9 Å². The van der Waals surface area contributed by atoms with E-state index >= 15 is 0 Å². The fraction of sp³-hybridized carbons (Fsp3) is 0.714. The van der Waals surface area contributed by atoms with E-state index in [0.29, 0.717) is 6.42 Å². The van der Waals surface area contributed by atoms with Crippen molar-refractivity contribution in [2.24, 2.45) is 0 Å². The first-order valence-corrected chi connectivity index (χ1v) is 3.44. The first-order valence-electron chi connectivity index (χ1n) is 3.44. The molecule has 0 atom stereocenters. The summed E-state index contributed by atoms with van der Waals surface area (Å²) in [6.07, 6.45) is 1.30. The molecule has 0 spiro atoms. The summed E-state index contributed by atoms with van der Waals surface area (Å²) in [5, 5.41) is 0. The minimum absolute atomic E-state index is 0. The molecule has 0 unspecified atom stereocenters. The molecule has 12 heavy (non-hydrogen) atoms. The van der Waals surface area contributed by atoms with E-state index in [1.807, 2.05) is 6.92 Å². The Morgan fingerprint density at radius 3 is 1.92 bits per heavy atom. The Kier molecular flexibility index (Phi) is 19.1. The predicted molar refractivity (Wildman–Crippen MR) is 50.6 cm³/mol. The number of hydrogen-bond donors (Lipinski definition) is 0. The third kappa shape index (κ3) is 11.1. The van der Waals surface area contributed by atoms with Gasteiger partial charge in [-0.3, -0.25) is 9.59 Å². The first kappa shape index (κ1) is 18.8. The molecule has 0 heterocycles. The molecule has 0 radical (unpaired) electrons. The second-order valence-corrected chi connectivity index (χ2v) is 1.95. The summed E-state index contributed by atoms with van der Waals surface area (Å²) >= 11 is 0. The average molecular weight is 192 g/mol. The normalized spacial score (nSPS) is 7.50. The van der Waals surface area contributed by atoms with Crippen LogP contribution in [0.15, 0.2) is 0 Å². The first-order chi connectivity index (χ1) is 4.70. The molecular formula is C7H14Na2O3. The zero-order valence-corrected chi connectivity index (χ0v) is 6.35. The number of carbonyl (C=O) groups excluding carboxylic acids is 2. The van der Waals surface area contributed by atoms with Crippen molar-refractivity contribution < 1.29 is 14.3 Å². The van der Waals surface area contributed by atoms with Gasteiger partial charge in [-0.2, -0.15) is 0 Å². The summed E-state index contributed by atoms with van der Waals surface area (Å²) < 4.78 is 4.36. The van der Waals surface area contributed by atoms with Crippen LogP contribution in [0.2, 0.25) is 0 Å². The summed E-state index contributed by atoms with van der Waals surface area (Å²) in [5.41, 5.74) is 0. The standard InChI is InChI=1S/C7H12O3.2Na.2H/c1-3-5-7(9)10-6(8)4-2;;;;/h3-5H2,1-2H3;;;;. The van der Waals surface area contributed by atoms with Crippen molar-refractivity contribution in [2.75, 3.05) is 0 Å². The summed E-state index contributed by atoms with van der Waals surface area (Å²) in [6.45, 7) is 3.51. The number of ether oxygens (including phenoxy) is 1. The second kappa shape index (κ2) is 12.1. The maximum atomic E-state index is 10.6. The number of esters is 2. The van der Waals surface area contributed by atoms with Gasteiger partial charge in [0.05, 0.1) is 0 Å². The Balaban J connectivity index is -0.000000405. The number of rotatable bonds is 3. The number of hydrogen-bond acceptors (Lipinski definition) is 3. The van der Waals surface area contributed by atoms with Crippen molar-refractivity contribution in [1.82, 2.24) is 0 Å². The molecule has 0 aromatic rings. The van der Waals surface area contributed by atoms with Crippen molar-refractivity contribution in [1.29, 1.82) is 0 Å². The van der Waals surface area contributed by atoms with Crippen molar-refractivity contribution in [3.63, 3.8) is 0 Å². The molecule has 0 fully saturated rings. The average Bonchev–Trinajstić information content (AvgIpc) is 1.88. The van der Waals surface area contributed by atoms with E-state index in [-0.39, 0.29) is 65.5 Å². The molecule has 0 saturated carbocycles. The third-order valence-electron chi connectivity index (χ3n) is 0.970. The van der Waals surface area contributed by atoms with Gasteiger partial charge in [0, 0.05) is 12.8 Å². The molecule has 3 nitrogen and oxygen atoms in total. The molecule has 62 valence electrons. The van der Waals surface area contributed by atoms with Crippen LogP contribution in [0.3, 0.4) is 0 Å². The SMILES string of the molecule is CCCC(=O)OC(=O)CC.[NaH].[NaH]. The molecular weight excluding hydrogens is 178 g/mol. The van der Waals surface area contributed by atoms with Gasteiger partial charge in [0.15, 0.2) is 0 Å². The fourth-order valence-electron chi connectivity index (χ4n) is 0.454. The molecule has 0 N–H and O–H groups in total. The molecule has 0 aliphatic rings. The Labute approximate surface area is 117 Å². The number of carbonyl (C=O) groups is 2. The quantitative estimate of drug-likeness (QED) is 0.358. The Morgan fingerprint density at radius 1 is 1.08 bits per heavy atom. The fourth-order valence-corrected chi connectivity index (χ4v) is 0.454. The van der Waals surface area contributed by atoms with E-state index in [0.717, 1.165) is 6.42 Å². The van der Waals surface area contributed by atoms with Gasteiger partial charge >= 0.3 is 71.1 Å². The van der Waals surface area contributed by atoms with Crippen LogP contribution in [0.4, 0.5) is 0 Å². The van der Waals surface area contributed by atoms with Crippen molar-refractivity contribution in [2.45, 2.75) is 33.1 Å². The van der Waals surface area contributed by atoms with Gasteiger partial charge in [0.2, 0.25) is 0 Å². The van der Waals surface area contributed by atoms with Crippen molar-refractivity contribution in [3.8, 4) is 0 Å². The van der Waals surface area contributed by atoms with Crippen LogP contribution in [-0.2, 0) is 14.3 Å². The van der Waals surface area contributed by atoms with E-state index in [9.17, 15) is 9.59 Å². The van der Waals surface area contributed by atoms with Gasteiger partial charge in [-0.05, 0) is 6.42 Å². The molecule has 0 amide bonds. The third-order valence-corrected chi connectivity index (χ3v) is 0.970. The molecule has 0 aliphatic heterocycles. The topological polar surface area (TPSA) is 43.4 Å². The summed E-state index contributed by atoms with van der Waals surface area (Å²) in [6, 6.07) is 0. The van der Waals surface area contributed by atoms with E-state index in [1.54, 1.807) is 6.92 Å². The Bertz CT molecular complexity index is 137. The molecule has 0 saturated heterocycles. The van der Waals surface area contributed by atoms with Crippen LogP contribution in [-0.4, -0.2) is 71.1 Å². The van der Waals surface area contributed by atoms with Gasteiger partial charge in [-0.15, -0.1) is 0 Å². The van der Waals surface area contributed by atoms with Gasteiger partial charge < -0.3 is 4.74 Å². The maximum absolute atomic E-state index is 10.6. The van der Waals surface area contributed by atoms with Crippen LogP contribution < -0.4 is 0 Å². The van der Waals surface area contributed by atoms with E-state index in [2.05, 4.69) is 4.74 Å². The summed E-state index contributed by atoms with van der Waals surface area (Å²) in [7, 11) is 0. The predicted octanol–water partition coefficient (Wildman–Crippen LogP) is -0.0307. The Morgan fingerprint density at radius 2 is 1.58 bits per heavy atom. The second-order valence-electron chi connectivity index (χ2n) is 1.95. The summed E-state index contributed by atoms with van der Waals surface area (Å²) in [5.74, 6) is -0.868. The van der Waals surface area contributed by atoms with Gasteiger partial charge in [-0.1, -0.05) is 13.8 Å². The molecule has 0 rings (SSSR count). The van der Waals surface area contributed by atoms with Crippen LogP contribution in [0.25, 0.3) is 0 Å². The van der Waals surface area contributed by atoms with Crippen LogP contribution in [0, 0.1) is 0 Å². The van der Waals surface area contributed by atoms with Gasteiger partial charge in [-0.25, -0.2) is 0 Å². The van der Waals surface area contributed by atoms with Crippen molar-refractivity contribution in [3.05, 3.63) is 0 Å². The van der Waals surface area contributed by atoms with Crippen LogP contribution >= 0.6 is 0 Å². The van der Waals surface area contributed by atoms with E-state index in [4.69, 9.17) is 0 Å². The molecule has 0 aromatic carbocycles. The molecule has 5 heteroatoms. The van der Waals surface area contributed by atoms with Gasteiger partial charge in [0.25, 0.3) is 0 Å². The molecule has 0 aliphatic carbocycles.